The molecule has 2 nitrogen and oxygen atoms in total. The molecule has 0 aliphatic heterocycles. The summed E-state index contributed by atoms with van der Waals surface area (Å²) in [6.45, 7) is 9.25. The van der Waals surface area contributed by atoms with Gasteiger partial charge in [-0.05, 0) is 59.8 Å². The van der Waals surface area contributed by atoms with Gasteiger partial charge in [0.15, 0.2) is 0 Å². The first-order chi connectivity index (χ1) is 12.5. The maximum absolute atomic E-state index is 4.59. The number of allylic oxidation sites excluding steroid dienone is 1. The zero-order valence-corrected chi connectivity index (χ0v) is 16.7. The van der Waals surface area contributed by atoms with Crippen molar-refractivity contribution in [2.24, 2.45) is 22.1 Å². The van der Waals surface area contributed by atoms with Crippen LogP contribution < -0.4 is 0 Å². The Kier molecular flexibility index (Phi) is 5.70. The van der Waals surface area contributed by atoms with E-state index >= 15 is 0 Å². The van der Waals surface area contributed by atoms with Crippen molar-refractivity contribution >= 4 is 11.3 Å². The molecule has 2 aromatic rings. The highest BCUT2D eigenvalue weighted by atomic mass is 15.1. The fraction of sp³-hybridized carbons (Fsp3) is 0.417. The number of nitrogens with zero attached hydrogens (tertiary/aromatic N) is 2. The van der Waals surface area contributed by atoms with Gasteiger partial charge >= 0.3 is 0 Å². The van der Waals surface area contributed by atoms with E-state index in [2.05, 4.69) is 86.5 Å². The van der Waals surface area contributed by atoms with Gasteiger partial charge in [0.05, 0.1) is 5.70 Å². The highest BCUT2D eigenvalue weighted by molar-refractivity contribution is 5.91. The molecule has 1 aliphatic rings. The van der Waals surface area contributed by atoms with Crippen LogP contribution in [-0.4, -0.2) is 7.05 Å². The Morgan fingerprint density at radius 3 is 2.27 bits per heavy atom. The van der Waals surface area contributed by atoms with Crippen molar-refractivity contribution in [1.82, 2.24) is 0 Å². The molecule has 2 aromatic carbocycles. The van der Waals surface area contributed by atoms with Gasteiger partial charge in [0.1, 0.15) is 0 Å². The molecule has 2 heteroatoms. The molecule has 0 fully saturated rings. The number of rotatable bonds is 3. The fourth-order valence-corrected chi connectivity index (χ4v) is 4.18. The minimum Gasteiger partial charge on any atom is -0.192 e. The van der Waals surface area contributed by atoms with E-state index in [-0.39, 0.29) is 0 Å². The van der Waals surface area contributed by atoms with Gasteiger partial charge in [0, 0.05) is 12.6 Å². The van der Waals surface area contributed by atoms with Crippen molar-refractivity contribution in [3.05, 3.63) is 70.8 Å². The summed E-state index contributed by atoms with van der Waals surface area (Å²) < 4.78 is 0. The van der Waals surface area contributed by atoms with Gasteiger partial charge in [-0.2, -0.15) is 10.2 Å². The zero-order chi connectivity index (χ0) is 18.7. The third-order valence-corrected chi connectivity index (χ3v) is 6.00. The van der Waals surface area contributed by atoms with Gasteiger partial charge in [-0.15, -0.1) is 0 Å². The fourth-order valence-electron chi connectivity index (χ4n) is 4.18. The molecule has 0 heterocycles. The lowest BCUT2D eigenvalue weighted by molar-refractivity contribution is 0.332. The summed E-state index contributed by atoms with van der Waals surface area (Å²) in [5.41, 5.74) is 7.62. The minimum absolute atomic E-state index is 0.521. The van der Waals surface area contributed by atoms with Gasteiger partial charge in [0.25, 0.3) is 0 Å². The normalized spacial score (nSPS) is 21.7. The van der Waals surface area contributed by atoms with Crippen LogP contribution in [0.4, 0.5) is 0 Å². The second-order valence-corrected chi connectivity index (χ2v) is 7.77. The van der Waals surface area contributed by atoms with Gasteiger partial charge in [-0.1, -0.05) is 69.3 Å². The first-order valence-electron chi connectivity index (χ1n) is 9.72. The van der Waals surface area contributed by atoms with Crippen molar-refractivity contribution in [2.45, 2.75) is 46.5 Å². The van der Waals surface area contributed by atoms with Crippen molar-refractivity contribution in [2.75, 3.05) is 7.05 Å². The smallest absolute Gasteiger partial charge is 0.0962 e. The zero-order valence-electron chi connectivity index (χ0n) is 16.7. The van der Waals surface area contributed by atoms with Gasteiger partial charge in [0.2, 0.25) is 0 Å². The third kappa shape index (κ3) is 3.51. The molecule has 2 unspecified atom stereocenters. The van der Waals surface area contributed by atoms with E-state index < -0.39 is 0 Å². The number of fused-ring (bicyclic) bond motifs is 2. The Morgan fingerprint density at radius 2 is 1.58 bits per heavy atom. The summed E-state index contributed by atoms with van der Waals surface area (Å²) in [7, 11) is 1.76. The first kappa shape index (κ1) is 18.6. The molecule has 0 N–H and O–H groups in total. The highest BCUT2D eigenvalue weighted by Crippen LogP contribution is 2.42. The second kappa shape index (κ2) is 7.99. The number of hydrogen-bond donors (Lipinski definition) is 0. The molecule has 0 radical (unpaired) electrons. The van der Waals surface area contributed by atoms with Crippen LogP contribution >= 0.6 is 0 Å². The Hall–Kier alpha value is -2.22. The van der Waals surface area contributed by atoms with Crippen LogP contribution in [-0.2, 0) is 6.42 Å². The predicted molar refractivity (Wildman–Crippen MR) is 111 cm³/mol. The van der Waals surface area contributed by atoms with E-state index in [1.54, 1.807) is 7.05 Å². The molecular weight excluding hydrogens is 316 g/mol. The van der Waals surface area contributed by atoms with Gasteiger partial charge < -0.3 is 0 Å². The molecule has 0 saturated carbocycles. The molecule has 2 atom stereocenters. The van der Waals surface area contributed by atoms with E-state index in [9.17, 15) is 0 Å². The van der Waals surface area contributed by atoms with E-state index in [4.69, 9.17) is 0 Å². The van der Waals surface area contributed by atoms with Crippen molar-refractivity contribution in [1.29, 1.82) is 0 Å². The monoisotopic (exact) mass is 346 g/mol. The molecule has 1 aliphatic carbocycles. The Balaban J connectivity index is 2.29. The second-order valence-electron chi connectivity index (χ2n) is 7.77. The Morgan fingerprint density at radius 1 is 0.923 bits per heavy atom. The minimum atomic E-state index is 0.521. The first-order valence-corrected chi connectivity index (χ1v) is 9.72. The average Bonchev–Trinajstić information content (AvgIpc) is 2.70. The molecule has 0 saturated heterocycles. The van der Waals surface area contributed by atoms with Crippen molar-refractivity contribution in [3.8, 4) is 0 Å². The number of hydrogen-bond acceptors (Lipinski definition) is 2. The molecule has 136 valence electrons. The summed E-state index contributed by atoms with van der Waals surface area (Å²) in [6, 6.07) is 17.6. The van der Waals surface area contributed by atoms with Crippen LogP contribution in [0.5, 0.6) is 0 Å². The quantitative estimate of drug-likeness (QED) is 0.536. The topological polar surface area (TPSA) is 24.7 Å². The summed E-state index contributed by atoms with van der Waals surface area (Å²) >= 11 is 0. The van der Waals surface area contributed by atoms with Gasteiger partial charge in [-0.25, -0.2) is 0 Å². The third-order valence-electron chi connectivity index (χ3n) is 6.00. The number of azo groups is 1. The summed E-state index contributed by atoms with van der Waals surface area (Å²) in [5.74, 6) is 1.78. The summed E-state index contributed by atoms with van der Waals surface area (Å²) in [5, 5.41) is 8.75. The molecule has 3 rings (SSSR count). The Bertz CT molecular complexity index is 830. The van der Waals surface area contributed by atoms with Crippen molar-refractivity contribution < 1.29 is 0 Å². The maximum atomic E-state index is 4.59. The van der Waals surface area contributed by atoms with Crippen LogP contribution in [0, 0.1) is 11.8 Å². The van der Waals surface area contributed by atoms with Gasteiger partial charge in [-0.3, -0.25) is 0 Å². The highest BCUT2D eigenvalue weighted by Gasteiger charge is 2.27. The van der Waals surface area contributed by atoms with Crippen LogP contribution in [0.1, 0.15) is 62.3 Å². The lowest BCUT2D eigenvalue weighted by Gasteiger charge is -2.29. The predicted octanol–water partition coefficient (Wildman–Crippen LogP) is 6.98. The summed E-state index contributed by atoms with van der Waals surface area (Å²) in [6.07, 6.45) is 2.26. The van der Waals surface area contributed by atoms with E-state index in [0.717, 1.165) is 18.5 Å². The number of benzene rings is 2. The maximum Gasteiger partial charge on any atom is 0.0962 e. The molecule has 0 amide bonds. The van der Waals surface area contributed by atoms with Crippen LogP contribution in [0.2, 0.25) is 0 Å². The molecule has 0 spiro atoms. The molecule has 26 heavy (non-hydrogen) atoms. The molecule has 0 bridgehead atoms. The average molecular weight is 347 g/mol. The number of aryl methyl sites for hydroxylation is 1. The summed E-state index contributed by atoms with van der Waals surface area (Å²) in [4.78, 5) is 0. The Labute approximate surface area is 158 Å². The van der Waals surface area contributed by atoms with E-state index in [1.165, 1.54) is 27.8 Å². The SMILES string of the molecule is CN=N/C1=C(\C)c2ccccc2CCC(C(C)C(C)C)c2ccccc21. The largest absolute Gasteiger partial charge is 0.192 e. The van der Waals surface area contributed by atoms with Crippen LogP contribution in [0.3, 0.4) is 0 Å². The molecular formula is C24H30N2. The van der Waals surface area contributed by atoms with E-state index in [0.29, 0.717) is 17.8 Å². The standard InChI is InChI=1S/C24H30N2/c1-16(2)17(3)21-15-14-19-10-6-7-11-20(19)18(4)24(26-25-5)23-13-9-8-12-22(21)23/h6-13,16-17,21H,14-15H2,1-5H3/b24-18+,26-25?. The van der Waals surface area contributed by atoms with Crippen LogP contribution in [0.15, 0.2) is 58.8 Å². The van der Waals surface area contributed by atoms with E-state index in [1.807, 2.05) is 0 Å². The lowest BCUT2D eigenvalue weighted by atomic mass is 9.76. The lowest BCUT2D eigenvalue weighted by Crippen LogP contribution is -2.17. The molecule has 0 aromatic heterocycles. The van der Waals surface area contributed by atoms with Crippen molar-refractivity contribution in [3.63, 3.8) is 0 Å². The van der Waals surface area contributed by atoms with Crippen LogP contribution in [0.25, 0.3) is 11.3 Å².